The second-order valence-electron chi connectivity index (χ2n) is 3.94. The van der Waals surface area contributed by atoms with E-state index >= 15 is 0 Å². The minimum Gasteiger partial charge on any atom is -0.377 e. The van der Waals surface area contributed by atoms with Crippen LogP contribution < -0.4 is 0 Å². The molecule has 0 N–H and O–H groups in total. The molecule has 0 bridgehead atoms. The minimum atomic E-state index is 0.285. The lowest BCUT2D eigenvalue weighted by atomic mass is 10.1. The molecule has 96 valence electrons. The average molecular weight is 232 g/mol. The molecule has 2 atom stereocenters. The predicted octanol–water partition coefficient (Wildman–Crippen LogP) is 1.62. The Balaban J connectivity index is 0.000000181. The molecular weight excluding hydrogens is 208 g/mol. The Hall–Kier alpha value is -0.160. The van der Waals surface area contributed by atoms with Crippen LogP contribution in [0.15, 0.2) is 0 Å². The second-order valence-corrected chi connectivity index (χ2v) is 3.94. The highest BCUT2D eigenvalue weighted by Crippen LogP contribution is 2.17. The highest BCUT2D eigenvalue weighted by atomic mass is 16.6. The maximum atomic E-state index is 5.44. The molecule has 2 rings (SSSR count). The maximum Gasteiger partial charge on any atom is 0.0834 e. The van der Waals surface area contributed by atoms with Gasteiger partial charge in [0.05, 0.1) is 38.6 Å². The van der Waals surface area contributed by atoms with Gasteiger partial charge in [0.25, 0.3) is 0 Å². The fourth-order valence-corrected chi connectivity index (χ4v) is 1.78. The van der Waals surface area contributed by atoms with Crippen molar-refractivity contribution < 1.29 is 18.9 Å². The molecule has 2 heterocycles. The third-order valence-corrected chi connectivity index (χ3v) is 2.66. The third-order valence-electron chi connectivity index (χ3n) is 2.66. The van der Waals surface area contributed by atoms with Crippen molar-refractivity contribution in [3.05, 3.63) is 0 Å². The van der Waals surface area contributed by atoms with Gasteiger partial charge in [-0.05, 0) is 26.7 Å². The number of rotatable bonds is 3. The van der Waals surface area contributed by atoms with Gasteiger partial charge in [-0.2, -0.15) is 0 Å². The van der Waals surface area contributed by atoms with Crippen LogP contribution in [-0.2, 0) is 18.9 Å². The normalized spacial score (nSPS) is 27.0. The molecule has 2 fully saturated rings. The van der Waals surface area contributed by atoms with Crippen molar-refractivity contribution in [1.29, 1.82) is 0 Å². The van der Waals surface area contributed by atoms with E-state index in [0.29, 0.717) is 6.10 Å². The van der Waals surface area contributed by atoms with Crippen molar-refractivity contribution in [2.45, 2.75) is 38.9 Å². The van der Waals surface area contributed by atoms with Crippen LogP contribution in [0, 0.1) is 0 Å². The van der Waals surface area contributed by atoms with Crippen LogP contribution in [0.3, 0.4) is 0 Å². The zero-order chi connectivity index (χ0) is 11.6. The molecule has 0 aromatic rings. The Labute approximate surface area is 98.2 Å². The summed E-state index contributed by atoms with van der Waals surface area (Å²) in [5.41, 5.74) is 0. The molecule has 0 aliphatic carbocycles. The lowest BCUT2D eigenvalue weighted by molar-refractivity contribution is -0.0342. The summed E-state index contributed by atoms with van der Waals surface area (Å²) in [7, 11) is 0. The van der Waals surface area contributed by atoms with Crippen molar-refractivity contribution in [3.63, 3.8) is 0 Å². The van der Waals surface area contributed by atoms with E-state index in [0.717, 1.165) is 39.6 Å². The first-order valence-electron chi connectivity index (χ1n) is 6.23. The maximum absolute atomic E-state index is 5.44. The molecule has 16 heavy (non-hydrogen) atoms. The van der Waals surface area contributed by atoms with Crippen LogP contribution in [0.1, 0.15) is 26.7 Å². The Bertz CT molecular complexity index is 142. The molecule has 2 unspecified atom stereocenters. The topological polar surface area (TPSA) is 36.9 Å². The standard InChI is InChI=1S/C8H16O2.C4H8O2/c1-3-9-7(2)8-5-4-6-10-8;1-2-6-4-3-5-1/h7-8H,3-6H2,1-2H3;1-4H2. The number of hydrogen-bond acceptors (Lipinski definition) is 4. The smallest absolute Gasteiger partial charge is 0.0834 e. The lowest BCUT2D eigenvalue weighted by Gasteiger charge is -2.17. The Morgan fingerprint density at radius 3 is 2.12 bits per heavy atom. The SMILES string of the molecule is C1COCCO1.CCOC(C)C1CCCO1. The zero-order valence-corrected chi connectivity index (χ0v) is 10.4. The van der Waals surface area contributed by atoms with E-state index in [1.54, 1.807) is 0 Å². The highest BCUT2D eigenvalue weighted by molar-refractivity contribution is 4.70. The van der Waals surface area contributed by atoms with Crippen molar-refractivity contribution in [2.75, 3.05) is 39.6 Å². The Morgan fingerprint density at radius 1 is 1.12 bits per heavy atom. The van der Waals surface area contributed by atoms with Crippen LogP contribution in [-0.4, -0.2) is 51.8 Å². The van der Waals surface area contributed by atoms with Crippen LogP contribution >= 0.6 is 0 Å². The van der Waals surface area contributed by atoms with E-state index in [4.69, 9.17) is 18.9 Å². The van der Waals surface area contributed by atoms with E-state index in [2.05, 4.69) is 6.92 Å². The van der Waals surface area contributed by atoms with E-state index in [1.807, 2.05) is 6.92 Å². The fourth-order valence-electron chi connectivity index (χ4n) is 1.78. The van der Waals surface area contributed by atoms with Gasteiger partial charge in [0, 0.05) is 13.2 Å². The molecule has 2 saturated heterocycles. The van der Waals surface area contributed by atoms with Gasteiger partial charge in [-0.1, -0.05) is 0 Å². The van der Waals surface area contributed by atoms with Crippen molar-refractivity contribution in [3.8, 4) is 0 Å². The molecule has 0 aromatic carbocycles. The molecule has 0 radical (unpaired) electrons. The molecular formula is C12H24O4. The van der Waals surface area contributed by atoms with Gasteiger partial charge < -0.3 is 18.9 Å². The van der Waals surface area contributed by atoms with Gasteiger partial charge in [-0.3, -0.25) is 0 Å². The first-order chi connectivity index (χ1) is 7.84. The van der Waals surface area contributed by atoms with Gasteiger partial charge in [0.2, 0.25) is 0 Å². The second kappa shape index (κ2) is 8.93. The summed E-state index contributed by atoms with van der Waals surface area (Å²) >= 11 is 0. The largest absolute Gasteiger partial charge is 0.377 e. The van der Waals surface area contributed by atoms with Crippen LogP contribution in [0.2, 0.25) is 0 Å². The van der Waals surface area contributed by atoms with E-state index in [9.17, 15) is 0 Å². The Kier molecular flexibility index (Phi) is 7.76. The van der Waals surface area contributed by atoms with Crippen molar-refractivity contribution >= 4 is 0 Å². The lowest BCUT2D eigenvalue weighted by Crippen LogP contribution is -2.24. The minimum absolute atomic E-state index is 0.285. The fraction of sp³-hybridized carbons (Fsp3) is 1.00. The van der Waals surface area contributed by atoms with Crippen LogP contribution in [0.4, 0.5) is 0 Å². The number of hydrogen-bond donors (Lipinski definition) is 0. The first kappa shape index (κ1) is 13.9. The van der Waals surface area contributed by atoms with Crippen LogP contribution in [0.25, 0.3) is 0 Å². The average Bonchev–Trinajstić information content (AvgIpc) is 2.86. The summed E-state index contributed by atoms with van der Waals surface area (Å²) in [5, 5.41) is 0. The summed E-state index contributed by atoms with van der Waals surface area (Å²) in [6.07, 6.45) is 3.01. The summed E-state index contributed by atoms with van der Waals surface area (Å²) in [6, 6.07) is 0. The molecule has 2 aliphatic heterocycles. The van der Waals surface area contributed by atoms with E-state index in [1.165, 1.54) is 12.8 Å². The zero-order valence-electron chi connectivity index (χ0n) is 10.4. The Morgan fingerprint density at radius 2 is 1.75 bits per heavy atom. The van der Waals surface area contributed by atoms with Gasteiger partial charge >= 0.3 is 0 Å². The monoisotopic (exact) mass is 232 g/mol. The van der Waals surface area contributed by atoms with E-state index in [-0.39, 0.29) is 6.10 Å². The predicted molar refractivity (Wildman–Crippen MR) is 61.7 cm³/mol. The van der Waals surface area contributed by atoms with Gasteiger partial charge in [0.15, 0.2) is 0 Å². The van der Waals surface area contributed by atoms with Gasteiger partial charge in [0.1, 0.15) is 0 Å². The number of ether oxygens (including phenoxy) is 4. The summed E-state index contributed by atoms with van der Waals surface area (Å²) in [5.74, 6) is 0. The molecule has 4 nitrogen and oxygen atoms in total. The molecule has 0 aromatic heterocycles. The summed E-state index contributed by atoms with van der Waals surface area (Å²) in [4.78, 5) is 0. The van der Waals surface area contributed by atoms with E-state index < -0.39 is 0 Å². The third kappa shape index (κ3) is 5.80. The summed E-state index contributed by atoms with van der Waals surface area (Å²) < 4.78 is 20.7. The summed E-state index contributed by atoms with van der Waals surface area (Å²) in [6.45, 7) is 8.92. The molecule has 2 aliphatic rings. The van der Waals surface area contributed by atoms with Crippen molar-refractivity contribution in [1.82, 2.24) is 0 Å². The quantitative estimate of drug-likeness (QED) is 0.741. The first-order valence-corrected chi connectivity index (χ1v) is 6.23. The molecule has 0 spiro atoms. The molecule has 0 saturated carbocycles. The molecule has 4 heteroatoms. The molecule has 0 amide bonds. The van der Waals surface area contributed by atoms with Gasteiger partial charge in [-0.25, -0.2) is 0 Å². The van der Waals surface area contributed by atoms with Crippen molar-refractivity contribution in [2.24, 2.45) is 0 Å². The van der Waals surface area contributed by atoms with Crippen LogP contribution in [0.5, 0.6) is 0 Å². The van der Waals surface area contributed by atoms with Gasteiger partial charge in [-0.15, -0.1) is 0 Å². The highest BCUT2D eigenvalue weighted by Gasteiger charge is 2.21.